The van der Waals surface area contributed by atoms with Crippen molar-refractivity contribution in [3.8, 4) is 0 Å². The van der Waals surface area contributed by atoms with Gasteiger partial charge >= 0.3 is 0 Å². The second kappa shape index (κ2) is 4.71. The topological polar surface area (TPSA) is 63.4 Å². The summed E-state index contributed by atoms with van der Waals surface area (Å²) in [5, 5.41) is 0. The third-order valence-electron chi connectivity index (χ3n) is 1.31. The van der Waals surface area contributed by atoms with Crippen LogP contribution in [-0.4, -0.2) is 30.3 Å². The Kier molecular flexibility index (Phi) is 4.26. The molecule has 0 radical (unpaired) electrons. The lowest BCUT2D eigenvalue weighted by atomic mass is 10.4. The average Bonchev–Trinajstić information content (AvgIpc) is 2.15. The molecule has 0 aliphatic carbocycles. The van der Waals surface area contributed by atoms with Gasteiger partial charge in [-0.15, -0.1) is 0 Å². The molecule has 1 fully saturated rings. The van der Waals surface area contributed by atoms with Crippen LogP contribution in [0, 0.1) is 0 Å². The Morgan fingerprint density at radius 3 is 2.18 bits per heavy atom. The van der Waals surface area contributed by atoms with E-state index in [1.807, 2.05) is 7.05 Å². The van der Waals surface area contributed by atoms with Crippen molar-refractivity contribution in [1.82, 2.24) is 4.90 Å². The summed E-state index contributed by atoms with van der Waals surface area (Å²) in [7, 11) is 1.84. The lowest BCUT2D eigenvalue weighted by molar-refractivity contribution is -0.126. The van der Waals surface area contributed by atoms with Gasteiger partial charge in [-0.05, 0) is 6.42 Å². The van der Waals surface area contributed by atoms with Crippen LogP contribution in [0.1, 0.15) is 19.8 Å². The third-order valence-corrected chi connectivity index (χ3v) is 1.31. The fourth-order valence-corrected chi connectivity index (χ4v) is 0.783. The third kappa shape index (κ3) is 5.39. The van der Waals surface area contributed by atoms with E-state index in [0.29, 0.717) is 5.91 Å². The van der Waals surface area contributed by atoms with E-state index < -0.39 is 0 Å². The van der Waals surface area contributed by atoms with Gasteiger partial charge in [0, 0.05) is 26.9 Å². The number of carbonyl (C=O) groups excluding carboxylic acids is 2. The number of hydrogen-bond donors (Lipinski definition) is 1. The minimum Gasteiger partial charge on any atom is -0.370 e. The minimum absolute atomic E-state index is 0.292. The van der Waals surface area contributed by atoms with Crippen LogP contribution < -0.4 is 5.73 Å². The van der Waals surface area contributed by atoms with Crippen molar-refractivity contribution in [1.29, 1.82) is 0 Å². The highest BCUT2D eigenvalue weighted by Gasteiger charge is 2.14. The number of hydrogen-bond acceptors (Lipinski definition) is 2. The van der Waals surface area contributed by atoms with Gasteiger partial charge in [0.05, 0.1) is 0 Å². The summed E-state index contributed by atoms with van der Waals surface area (Å²) in [5.41, 5.74) is 4.47. The maximum Gasteiger partial charge on any atom is 0.222 e. The Bertz CT molecular complexity index is 153. The van der Waals surface area contributed by atoms with Gasteiger partial charge in [0.15, 0.2) is 0 Å². The number of amides is 2. The Morgan fingerprint density at radius 2 is 2.09 bits per heavy atom. The molecule has 4 heteroatoms. The van der Waals surface area contributed by atoms with Gasteiger partial charge in [-0.25, -0.2) is 0 Å². The zero-order valence-corrected chi connectivity index (χ0v) is 6.96. The molecule has 0 spiro atoms. The van der Waals surface area contributed by atoms with E-state index >= 15 is 0 Å². The van der Waals surface area contributed by atoms with E-state index in [-0.39, 0.29) is 5.91 Å². The van der Waals surface area contributed by atoms with Gasteiger partial charge in [-0.3, -0.25) is 9.59 Å². The van der Waals surface area contributed by atoms with Crippen LogP contribution in [-0.2, 0) is 9.59 Å². The van der Waals surface area contributed by atoms with Crippen molar-refractivity contribution in [2.45, 2.75) is 19.8 Å². The van der Waals surface area contributed by atoms with Gasteiger partial charge < -0.3 is 10.6 Å². The zero-order chi connectivity index (χ0) is 8.85. The summed E-state index contributed by atoms with van der Waals surface area (Å²) in [5.74, 6) is -0.0417. The van der Waals surface area contributed by atoms with Crippen LogP contribution in [0.2, 0.25) is 0 Å². The van der Waals surface area contributed by atoms with Crippen LogP contribution >= 0.6 is 0 Å². The maximum absolute atomic E-state index is 10.5. The molecule has 0 aromatic rings. The van der Waals surface area contributed by atoms with E-state index in [0.717, 1.165) is 19.4 Å². The molecule has 0 aromatic heterocycles. The minimum atomic E-state index is -0.333. The number of nitrogens with two attached hydrogens (primary N) is 1. The standard InChI is InChI=1S/C5H9NO.C2H5NO/c1-6-4-2-3-5(6)7;1-2(3)4/h2-4H2,1H3;1H3,(H2,3,4). The predicted molar refractivity (Wildman–Crippen MR) is 41.7 cm³/mol. The molecule has 1 aliphatic heterocycles. The van der Waals surface area contributed by atoms with Gasteiger partial charge in [0.25, 0.3) is 0 Å². The molecule has 1 saturated heterocycles. The summed E-state index contributed by atoms with van der Waals surface area (Å²) in [6, 6.07) is 0. The van der Waals surface area contributed by atoms with Gasteiger partial charge in [0.1, 0.15) is 0 Å². The molecule has 0 atom stereocenters. The Balaban J connectivity index is 0.000000218. The van der Waals surface area contributed by atoms with Crippen molar-refractivity contribution < 1.29 is 9.59 Å². The normalized spacial score (nSPS) is 15.8. The Morgan fingerprint density at radius 1 is 1.64 bits per heavy atom. The largest absolute Gasteiger partial charge is 0.370 e. The number of primary amides is 1. The van der Waals surface area contributed by atoms with Crippen LogP contribution in [0.15, 0.2) is 0 Å². The fraction of sp³-hybridized carbons (Fsp3) is 0.714. The smallest absolute Gasteiger partial charge is 0.222 e. The first-order valence-corrected chi connectivity index (χ1v) is 3.54. The summed E-state index contributed by atoms with van der Waals surface area (Å²) in [4.78, 5) is 21.5. The Labute approximate surface area is 66.4 Å². The predicted octanol–water partition coefficient (Wildman–Crippen LogP) is -0.270. The van der Waals surface area contributed by atoms with Gasteiger partial charge in [-0.1, -0.05) is 0 Å². The molecular formula is C7H14N2O2. The molecule has 1 aliphatic rings. The molecule has 2 amide bonds. The van der Waals surface area contributed by atoms with E-state index in [1.54, 1.807) is 4.90 Å². The van der Waals surface area contributed by atoms with Gasteiger partial charge in [0.2, 0.25) is 11.8 Å². The first-order chi connectivity index (χ1) is 5.04. The fourth-order valence-electron chi connectivity index (χ4n) is 0.783. The molecule has 1 rings (SSSR count). The highest BCUT2D eigenvalue weighted by Crippen LogP contribution is 2.04. The van der Waals surface area contributed by atoms with Crippen molar-refractivity contribution in [3.05, 3.63) is 0 Å². The summed E-state index contributed by atoms with van der Waals surface area (Å²) < 4.78 is 0. The zero-order valence-electron chi connectivity index (χ0n) is 6.96. The average molecular weight is 158 g/mol. The number of rotatable bonds is 0. The number of likely N-dealkylation sites (tertiary alicyclic amines) is 1. The molecule has 0 saturated carbocycles. The maximum atomic E-state index is 10.5. The van der Waals surface area contributed by atoms with Crippen molar-refractivity contribution in [3.63, 3.8) is 0 Å². The molecular weight excluding hydrogens is 144 g/mol. The van der Waals surface area contributed by atoms with Crippen molar-refractivity contribution in [2.75, 3.05) is 13.6 Å². The SMILES string of the molecule is CC(N)=O.CN1CCCC1=O. The van der Waals surface area contributed by atoms with E-state index in [2.05, 4.69) is 5.73 Å². The van der Waals surface area contributed by atoms with Crippen molar-refractivity contribution in [2.24, 2.45) is 5.73 Å². The number of nitrogens with zero attached hydrogens (tertiary/aromatic N) is 1. The molecule has 2 N–H and O–H groups in total. The molecule has 0 bridgehead atoms. The quantitative estimate of drug-likeness (QED) is 0.527. The van der Waals surface area contributed by atoms with Crippen LogP contribution in [0.5, 0.6) is 0 Å². The van der Waals surface area contributed by atoms with Crippen molar-refractivity contribution >= 4 is 11.8 Å². The van der Waals surface area contributed by atoms with Crippen LogP contribution in [0.4, 0.5) is 0 Å². The second-order valence-corrected chi connectivity index (χ2v) is 2.53. The molecule has 64 valence electrons. The second-order valence-electron chi connectivity index (χ2n) is 2.53. The number of carbonyl (C=O) groups is 2. The highest BCUT2D eigenvalue weighted by molar-refractivity contribution is 5.77. The first-order valence-electron chi connectivity index (χ1n) is 3.54. The Hall–Kier alpha value is -1.06. The summed E-state index contributed by atoms with van der Waals surface area (Å²) >= 11 is 0. The lowest BCUT2D eigenvalue weighted by Crippen LogP contribution is -2.17. The molecule has 4 nitrogen and oxygen atoms in total. The molecule has 1 heterocycles. The lowest BCUT2D eigenvalue weighted by Gasteiger charge is -2.03. The first kappa shape index (κ1) is 9.94. The van der Waals surface area contributed by atoms with Crippen LogP contribution in [0.25, 0.3) is 0 Å². The molecule has 0 unspecified atom stereocenters. The van der Waals surface area contributed by atoms with Crippen LogP contribution in [0.3, 0.4) is 0 Å². The highest BCUT2D eigenvalue weighted by atomic mass is 16.2. The molecule has 0 aromatic carbocycles. The molecule has 11 heavy (non-hydrogen) atoms. The van der Waals surface area contributed by atoms with Gasteiger partial charge in [-0.2, -0.15) is 0 Å². The summed E-state index contributed by atoms with van der Waals surface area (Å²) in [6.45, 7) is 2.26. The van der Waals surface area contributed by atoms with E-state index in [1.165, 1.54) is 6.92 Å². The van der Waals surface area contributed by atoms with E-state index in [4.69, 9.17) is 0 Å². The van der Waals surface area contributed by atoms with E-state index in [9.17, 15) is 9.59 Å². The summed E-state index contributed by atoms with van der Waals surface area (Å²) in [6.07, 6.45) is 1.81. The monoisotopic (exact) mass is 158 g/mol.